The van der Waals surface area contributed by atoms with Crippen LogP contribution in [0.15, 0.2) is 12.2 Å². The zero-order valence-electron chi connectivity index (χ0n) is 16.5. The van der Waals surface area contributed by atoms with Gasteiger partial charge in [0, 0.05) is 0 Å². The number of allylic oxidation sites excluding steroid dienone is 1. The minimum Gasteiger partial charge on any atom is -0.174 e. The van der Waals surface area contributed by atoms with Crippen LogP contribution >= 0.6 is 0 Å². The molecule has 0 heterocycles. The minimum atomic E-state index is -1.50. The summed E-state index contributed by atoms with van der Waals surface area (Å²) in [7, 11) is 0. The van der Waals surface area contributed by atoms with Crippen molar-refractivity contribution in [3.05, 3.63) is 12.2 Å². The molecule has 2 aliphatic rings. The van der Waals surface area contributed by atoms with Crippen molar-refractivity contribution in [3.63, 3.8) is 0 Å². The third-order valence-corrected chi connectivity index (χ3v) is 7.04. The summed E-state index contributed by atoms with van der Waals surface area (Å²) in [6, 6.07) is 0. The van der Waals surface area contributed by atoms with Gasteiger partial charge in [-0.2, -0.15) is 8.78 Å². The van der Waals surface area contributed by atoms with Gasteiger partial charge in [0.1, 0.15) is 0 Å². The molecule has 0 amide bonds. The van der Waals surface area contributed by atoms with E-state index >= 15 is 0 Å². The highest BCUT2D eigenvalue weighted by molar-refractivity contribution is 4.85. The molecular formula is C23H40F2. The highest BCUT2D eigenvalue weighted by Gasteiger charge is 2.30. The Kier molecular flexibility index (Phi) is 10.1. The molecule has 0 aliphatic heterocycles. The van der Waals surface area contributed by atoms with Crippen LogP contribution in [-0.2, 0) is 0 Å². The molecule has 0 atom stereocenters. The quantitative estimate of drug-likeness (QED) is 0.345. The first-order chi connectivity index (χ1) is 12.2. The van der Waals surface area contributed by atoms with Gasteiger partial charge in [-0.3, -0.25) is 0 Å². The molecule has 0 N–H and O–H groups in total. The fraction of sp³-hybridized carbons (Fsp3) is 0.913. The summed E-state index contributed by atoms with van der Waals surface area (Å²) in [4.78, 5) is 0. The third-order valence-electron chi connectivity index (χ3n) is 7.04. The van der Waals surface area contributed by atoms with E-state index in [-0.39, 0.29) is 0 Å². The Labute approximate surface area is 154 Å². The van der Waals surface area contributed by atoms with E-state index in [2.05, 4.69) is 6.92 Å². The van der Waals surface area contributed by atoms with Gasteiger partial charge in [-0.15, -0.1) is 0 Å². The molecule has 0 unspecified atom stereocenters. The number of hydrogen-bond donors (Lipinski definition) is 0. The summed E-state index contributed by atoms with van der Waals surface area (Å²) in [5.74, 6) is 3.62. The van der Waals surface area contributed by atoms with Crippen molar-refractivity contribution in [2.45, 2.75) is 110 Å². The zero-order chi connectivity index (χ0) is 17.9. The van der Waals surface area contributed by atoms with Gasteiger partial charge < -0.3 is 0 Å². The standard InChI is InChI=1S/C23H40F2/c1-2-3-4-5-6-8-19-11-15-21(16-12-19)22-17-13-20(14-18-22)9-7-10-23(24)25/h10,19-22H,2-9,11-18H2,1H3/t19-,20?,21-,22?. The first-order valence-electron chi connectivity index (χ1n) is 11.2. The lowest BCUT2D eigenvalue weighted by molar-refractivity contribution is 0.140. The highest BCUT2D eigenvalue weighted by atomic mass is 19.3. The van der Waals surface area contributed by atoms with Gasteiger partial charge >= 0.3 is 0 Å². The maximum Gasteiger partial charge on any atom is 0.266 e. The normalized spacial score (nSPS) is 30.2. The van der Waals surface area contributed by atoms with Crippen molar-refractivity contribution in [2.75, 3.05) is 0 Å². The van der Waals surface area contributed by atoms with E-state index in [0.717, 1.165) is 30.3 Å². The predicted molar refractivity (Wildman–Crippen MR) is 104 cm³/mol. The van der Waals surface area contributed by atoms with Crippen LogP contribution in [0, 0.1) is 23.7 Å². The van der Waals surface area contributed by atoms with Crippen LogP contribution in [0.1, 0.15) is 110 Å². The molecule has 0 radical (unpaired) electrons. The van der Waals surface area contributed by atoms with Gasteiger partial charge in [-0.25, -0.2) is 0 Å². The van der Waals surface area contributed by atoms with E-state index in [9.17, 15) is 8.78 Å². The second kappa shape index (κ2) is 12.1. The van der Waals surface area contributed by atoms with Crippen molar-refractivity contribution in [3.8, 4) is 0 Å². The van der Waals surface area contributed by atoms with Crippen LogP contribution in [0.4, 0.5) is 8.78 Å². The molecule has 0 aromatic heterocycles. The first kappa shape index (κ1) is 20.9. The van der Waals surface area contributed by atoms with E-state index in [1.165, 1.54) is 89.9 Å². The van der Waals surface area contributed by atoms with Crippen molar-refractivity contribution in [2.24, 2.45) is 23.7 Å². The van der Waals surface area contributed by atoms with Gasteiger partial charge in [-0.1, -0.05) is 71.1 Å². The Morgan fingerprint density at radius 3 is 1.76 bits per heavy atom. The smallest absolute Gasteiger partial charge is 0.174 e. The van der Waals surface area contributed by atoms with E-state index in [1.807, 2.05) is 0 Å². The average Bonchev–Trinajstić information content (AvgIpc) is 2.62. The lowest BCUT2D eigenvalue weighted by Gasteiger charge is -2.38. The molecule has 2 heteroatoms. The zero-order valence-corrected chi connectivity index (χ0v) is 16.5. The van der Waals surface area contributed by atoms with Gasteiger partial charge in [0.25, 0.3) is 6.08 Å². The Balaban J connectivity index is 1.55. The average molecular weight is 355 g/mol. The number of rotatable bonds is 10. The summed E-state index contributed by atoms with van der Waals surface area (Å²) >= 11 is 0. The van der Waals surface area contributed by atoms with E-state index in [4.69, 9.17) is 0 Å². The fourth-order valence-electron chi connectivity index (χ4n) is 5.36. The van der Waals surface area contributed by atoms with Crippen LogP contribution in [0.2, 0.25) is 0 Å². The number of hydrogen-bond acceptors (Lipinski definition) is 0. The summed E-state index contributed by atoms with van der Waals surface area (Å²) < 4.78 is 24.2. The van der Waals surface area contributed by atoms with Gasteiger partial charge in [0.2, 0.25) is 0 Å². The van der Waals surface area contributed by atoms with Crippen molar-refractivity contribution in [1.29, 1.82) is 0 Å². The summed E-state index contributed by atoms with van der Waals surface area (Å²) in [5, 5.41) is 0. The molecule has 25 heavy (non-hydrogen) atoms. The van der Waals surface area contributed by atoms with Crippen LogP contribution < -0.4 is 0 Å². The molecule has 0 aromatic rings. The molecule has 2 aliphatic carbocycles. The third kappa shape index (κ3) is 8.22. The summed E-state index contributed by atoms with van der Waals surface area (Å²) in [6.45, 7) is 2.29. The molecule has 0 bridgehead atoms. The lowest BCUT2D eigenvalue weighted by atomic mass is 9.68. The second-order valence-electron chi connectivity index (χ2n) is 8.84. The van der Waals surface area contributed by atoms with Crippen molar-refractivity contribution in [1.82, 2.24) is 0 Å². The molecule has 2 saturated carbocycles. The van der Waals surface area contributed by atoms with Gasteiger partial charge in [0.05, 0.1) is 0 Å². The van der Waals surface area contributed by atoms with E-state index in [0.29, 0.717) is 12.3 Å². The Bertz CT molecular complexity index is 356. The molecule has 0 saturated heterocycles. The molecule has 0 nitrogen and oxygen atoms in total. The van der Waals surface area contributed by atoms with Crippen LogP contribution in [0.25, 0.3) is 0 Å². The Morgan fingerprint density at radius 1 is 0.720 bits per heavy atom. The van der Waals surface area contributed by atoms with Crippen LogP contribution in [0.3, 0.4) is 0 Å². The SMILES string of the molecule is CCCCCCC[C@H]1CC[C@H](C2CCC(CCC=C(F)F)CC2)CC1. The molecule has 2 fully saturated rings. The monoisotopic (exact) mass is 354 g/mol. The minimum absolute atomic E-state index is 0.570. The second-order valence-corrected chi connectivity index (χ2v) is 8.84. The van der Waals surface area contributed by atoms with Gasteiger partial charge in [0.15, 0.2) is 0 Å². The van der Waals surface area contributed by atoms with Crippen molar-refractivity contribution >= 4 is 0 Å². The van der Waals surface area contributed by atoms with Crippen LogP contribution in [0.5, 0.6) is 0 Å². The van der Waals surface area contributed by atoms with Crippen molar-refractivity contribution < 1.29 is 8.78 Å². The largest absolute Gasteiger partial charge is 0.266 e. The maximum atomic E-state index is 12.1. The maximum absolute atomic E-state index is 12.1. The van der Waals surface area contributed by atoms with E-state index in [1.54, 1.807) is 0 Å². The fourth-order valence-corrected chi connectivity index (χ4v) is 5.36. The molecule has 0 aromatic carbocycles. The lowest BCUT2D eigenvalue weighted by Crippen LogP contribution is -2.25. The van der Waals surface area contributed by atoms with Gasteiger partial charge in [-0.05, 0) is 68.3 Å². The summed E-state index contributed by atoms with van der Waals surface area (Å²) in [5.41, 5.74) is 0. The Hall–Kier alpha value is -0.400. The predicted octanol–water partition coefficient (Wildman–Crippen LogP) is 8.52. The highest BCUT2D eigenvalue weighted by Crippen LogP contribution is 2.43. The molecule has 2 rings (SSSR count). The Morgan fingerprint density at radius 2 is 1.24 bits per heavy atom. The number of halogens is 2. The van der Waals surface area contributed by atoms with Crippen LogP contribution in [-0.4, -0.2) is 0 Å². The summed E-state index contributed by atoms with van der Waals surface area (Å²) in [6.07, 6.45) is 20.9. The topological polar surface area (TPSA) is 0 Å². The molecule has 146 valence electrons. The number of unbranched alkanes of at least 4 members (excludes halogenated alkanes) is 4. The molecular weight excluding hydrogens is 314 g/mol. The first-order valence-corrected chi connectivity index (χ1v) is 11.2. The van der Waals surface area contributed by atoms with E-state index < -0.39 is 6.08 Å². The molecule has 0 spiro atoms.